The molecule has 0 bridgehead atoms. The second-order valence-corrected chi connectivity index (χ2v) is 5.11. The van der Waals surface area contributed by atoms with Gasteiger partial charge in [0.15, 0.2) is 5.78 Å². The molecule has 0 amide bonds. The van der Waals surface area contributed by atoms with E-state index in [1.54, 1.807) is 0 Å². The van der Waals surface area contributed by atoms with Crippen LogP contribution in [0.2, 0.25) is 0 Å². The second-order valence-electron chi connectivity index (χ2n) is 4.00. The maximum Gasteiger partial charge on any atom is 0.416 e. The molecule has 0 aliphatic rings. The van der Waals surface area contributed by atoms with Crippen molar-refractivity contribution in [3.8, 4) is 0 Å². The first-order valence-electron chi connectivity index (χ1n) is 5.65. The molecule has 0 saturated heterocycles. The van der Waals surface area contributed by atoms with E-state index in [9.17, 15) is 18.0 Å². The fourth-order valence-corrected chi connectivity index (χ4v) is 2.31. The van der Waals surface area contributed by atoms with Crippen molar-refractivity contribution >= 4 is 17.5 Å². The number of Topliss-reactive ketones (excluding diaryl/α,β-unsaturated/α-hetero) is 1. The van der Waals surface area contributed by atoms with Gasteiger partial charge >= 0.3 is 6.18 Å². The van der Waals surface area contributed by atoms with E-state index in [1.165, 1.54) is 24.8 Å². The van der Waals surface area contributed by atoms with Crippen molar-refractivity contribution < 1.29 is 18.0 Å². The van der Waals surface area contributed by atoms with Gasteiger partial charge in [-0.2, -0.15) is 24.9 Å². The molecule has 0 aliphatic heterocycles. The van der Waals surface area contributed by atoms with Crippen LogP contribution in [0.5, 0.6) is 0 Å². The third-order valence-corrected chi connectivity index (χ3v) is 3.60. The van der Waals surface area contributed by atoms with Crippen molar-refractivity contribution in [2.24, 2.45) is 0 Å². The average molecular weight is 276 g/mol. The van der Waals surface area contributed by atoms with E-state index in [1.807, 2.05) is 6.92 Å². The highest BCUT2D eigenvalue weighted by Crippen LogP contribution is 2.30. The van der Waals surface area contributed by atoms with E-state index in [-0.39, 0.29) is 5.78 Å². The molecule has 1 aromatic rings. The molecule has 0 spiro atoms. The Morgan fingerprint density at radius 3 is 2.50 bits per heavy atom. The summed E-state index contributed by atoms with van der Waals surface area (Å²) in [6, 6.07) is 3.26. The van der Waals surface area contributed by atoms with Gasteiger partial charge in [0.25, 0.3) is 0 Å². The molecule has 1 aromatic carbocycles. The molecule has 5 heteroatoms. The lowest BCUT2D eigenvalue weighted by atomic mass is 10.0. The van der Waals surface area contributed by atoms with Crippen LogP contribution in [0.3, 0.4) is 0 Å². The molecule has 0 aromatic heterocycles. The quantitative estimate of drug-likeness (QED) is 0.588. The summed E-state index contributed by atoms with van der Waals surface area (Å²) < 4.78 is 37.4. The van der Waals surface area contributed by atoms with Crippen LogP contribution < -0.4 is 0 Å². The Kier molecular flexibility index (Phi) is 5.26. The monoisotopic (exact) mass is 276 g/mol. The molecule has 0 atom stereocenters. The highest BCUT2D eigenvalue weighted by Gasteiger charge is 2.30. The van der Waals surface area contributed by atoms with Crippen molar-refractivity contribution in [3.05, 3.63) is 34.9 Å². The number of benzene rings is 1. The van der Waals surface area contributed by atoms with E-state index in [0.29, 0.717) is 16.9 Å². The fraction of sp³-hybridized carbons (Fsp3) is 0.462. The zero-order valence-corrected chi connectivity index (χ0v) is 11.1. The average Bonchev–Trinajstić information content (AvgIpc) is 2.27. The molecule has 0 aliphatic carbocycles. The lowest BCUT2D eigenvalue weighted by molar-refractivity contribution is -0.137. The number of ketones is 1. The van der Waals surface area contributed by atoms with Crippen LogP contribution in [0.15, 0.2) is 18.2 Å². The fourth-order valence-electron chi connectivity index (χ4n) is 1.54. The minimum atomic E-state index is -4.36. The molecule has 1 nitrogen and oxygen atoms in total. The van der Waals surface area contributed by atoms with E-state index in [2.05, 4.69) is 0 Å². The van der Waals surface area contributed by atoms with Crippen LogP contribution in [-0.2, 0) is 6.18 Å². The predicted molar refractivity (Wildman–Crippen MR) is 68.1 cm³/mol. The molecular formula is C13H15F3OS. The summed E-state index contributed by atoms with van der Waals surface area (Å²) in [4.78, 5) is 11.8. The Labute approximate surface area is 109 Å². The number of hydrogen-bond donors (Lipinski definition) is 0. The Morgan fingerprint density at radius 2 is 2.00 bits per heavy atom. The Balaban J connectivity index is 2.82. The minimum Gasteiger partial charge on any atom is -0.293 e. The predicted octanol–water partition coefficient (Wildman–Crippen LogP) is 4.34. The summed E-state index contributed by atoms with van der Waals surface area (Å²) in [5.74, 6) is 1.09. The molecule has 0 fully saturated rings. The highest BCUT2D eigenvalue weighted by molar-refractivity contribution is 7.99. The maximum absolute atomic E-state index is 12.5. The van der Waals surface area contributed by atoms with Gasteiger partial charge < -0.3 is 0 Å². The van der Waals surface area contributed by atoms with Crippen molar-refractivity contribution in [1.29, 1.82) is 0 Å². The third kappa shape index (κ3) is 4.05. The summed E-state index contributed by atoms with van der Waals surface area (Å²) in [7, 11) is 0. The standard InChI is InChI=1S/C13H15F3OS/c1-3-6-18-8-12(17)11-5-4-10(7-9(11)2)13(14,15)16/h4-5,7H,3,6,8H2,1-2H3. The number of rotatable bonds is 5. The largest absolute Gasteiger partial charge is 0.416 e. The van der Waals surface area contributed by atoms with Gasteiger partial charge in [-0.25, -0.2) is 0 Å². The summed E-state index contributed by atoms with van der Waals surface area (Å²) in [5, 5.41) is 0. The Morgan fingerprint density at radius 1 is 1.33 bits per heavy atom. The van der Waals surface area contributed by atoms with E-state index < -0.39 is 11.7 Å². The zero-order chi connectivity index (χ0) is 13.8. The number of hydrogen-bond acceptors (Lipinski definition) is 2. The smallest absolute Gasteiger partial charge is 0.293 e. The molecule has 0 N–H and O–H groups in total. The molecule has 0 heterocycles. The van der Waals surface area contributed by atoms with Gasteiger partial charge in [-0.15, -0.1) is 0 Å². The number of thioether (sulfide) groups is 1. The normalized spacial score (nSPS) is 11.6. The van der Waals surface area contributed by atoms with Crippen molar-refractivity contribution in [2.75, 3.05) is 11.5 Å². The molecule has 0 radical (unpaired) electrons. The first-order chi connectivity index (χ1) is 8.36. The van der Waals surface area contributed by atoms with Crippen LogP contribution in [0.25, 0.3) is 0 Å². The van der Waals surface area contributed by atoms with Gasteiger partial charge in [0.05, 0.1) is 11.3 Å². The van der Waals surface area contributed by atoms with Crippen molar-refractivity contribution in [3.63, 3.8) is 0 Å². The van der Waals surface area contributed by atoms with Gasteiger partial charge in [-0.1, -0.05) is 13.0 Å². The van der Waals surface area contributed by atoms with E-state index >= 15 is 0 Å². The molecule has 0 unspecified atom stereocenters. The van der Waals surface area contributed by atoms with Crippen LogP contribution in [-0.4, -0.2) is 17.3 Å². The summed E-state index contributed by atoms with van der Waals surface area (Å²) in [5.41, 5.74) is 0.0521. The van der Waals surface area contributed by atoms with Crippen LogP contribution >= 0.6 is 11.8 Å². The molecule has 100 valence electrons. The molecule has 1 rings (SSSR count). The Bertz CT molecular complexity index is 427. The van der Waals surface area contributed by atoms with Gasteiger partial charge in [0.2, 0.25) is 0 Å². The second kappa shape index (κ2) is 6.27. The summed E-state index contributed by atoms with van der Waals surface area (Å²) in [6.45, 7) is 3.55. The SMILES string of the molecule is CCCSCC(=O)c1ccc(C(F)(F)F)cc1C. The van der Waals surface area contributed by atoms with Crippen LogP contribution in [0, 0.1) is 6.92 Å². The first-order valence-corrected chi connectivity index (χ1v) is 6.80. The van der Waals surface area contributed by atoms with E-state index in [4.69, 9.17) is 0 Å². The van der Waals surface area contributed by atoms with Gasteiger partial charge in [0, 0.05) is 5.56 Å². The zero-order valence-electron chi connectivity index (χ0n) is 10.3. The van der Waals surface area contributed by atoms with E-state index in [0.717, 1.165) is 24.3 Å². The lowest BCUT2D eigenvalue weighted by Crippen LogP contribution is -2.09. The van der Waals surface area contributed by atoms with Gasteiger partial charge in [0.1, 0.15) is 0 Å². The molecule has 18 heavy (non-hydrogen) atoms. The Hall–Kier alpha value is -0.970. The van der Waals surface area contributed by atoms with Crippen LogP contribution in [0.4, 0.5) is 13.2 Å². The first kappa shape index (κ1) is 15.1. The topological polar surface area (TPSA) is 17.1 Å². The number of carbonyl (C=O) groups excluding carboxylic acids is 1. The van der Waals surface area contributed by atoms with Crippen LogP contribution in [0.1, 0.15) is 34.8 Å². The minimum absolute atomic E-state index is 0.111. The summed E-state index contributed by atoms with van der Waals surface area (Å²) in [6.07, 6.45) is -3.38. The molecular weight excluding hydrogens is 261 g/mol. The highest BCUT2D eigenvalue weighted by atomic mass is 32.2. The number of halogens is 3. The summed E-state index contributed by atoms with van der Waals surface area (Å²) >= 11 is 1.50. The number of carbonyl (C=O) groups is 1. The third-order valence-electron chi connectivity index (χ3n) is 2.44. The molecule has 0 saturated carbocycles. The maximum atomic E-state index is 12.5. The van der Waals surface area contributed by atoms with Crippen molar-refractivity contribution in [1.82, 2.24) is 0 Å². The number of aryl methyl sites for hydroxylation is 1. The van der Waals surface area contributed by atoms with Crippen molar-refractivity contribution in [2.45, 2.75) is 26.4 Å². The number of alkyl halides is 3. The van der Waals surface area contributed by atoms with Gasteiger partial charge in [-0.05, 0) is 36.8 Å². The lowest BCUT2D eigenvalue weighted by Gasteiger charge is -2.10. The van der Waals surface area contributed by atoms with Gasteiger partial charge in [-0.3, -0.25) is 4.79 Å².